The lowest BCUT2D eigenvalue weighted by Crippen LogP contribution is -2.45. The second kappa shape index (κ2) is 2.80. The highest BCUT2D eigenvalue weighted by Gasteiger charge is 2.51. The molecule has 1 amide bonds. The monoisotopic (exact) mass is 185 g/mol. The second-order valence-electron chi connectivity index (χ2n) is 3.73. The van der Waals surface area contributed by atoms with Crippen molar-refractivity contribution >= 4 is 11.7 Å². The van der Waals surface area contributed by atoms with E-state index in [0.717, 1.165) is 0 Å². The molecule has 0 aliphatic carbocycles. The van der Waals surface area contributed by atoms with Gasteiger partial charge in [0.2, 0.25) is 0 Å². The molecule has 0 aromatic carbocycles. The smallest absolute Gasteiger partial charge is 0.254 e. The maximum Gasteiger partial charge on any atom is 0.254 e. The van der Waals surface area contributed by atoms with E-state index >= 15 is 0 Å². The van der Waals surface area contributed by atoms with E-state index in [1.807, 2.05) is 6.92 Å². The van der Waals surface area contributed by atoms with Gasteiger partial charge < -0.3 is 10.1 Å². The SMILES string of the molecule is CCC1(C)OC(C)(C(C)=O)NC1=O. The highest BCUT2D eigenvalue weighted by Crippen LogP contribution is 2.29. The predicted octanol–water partition coefficient (Wildman–Crippen LogP) is 0.607. The molecule has 1 rings (SSSR count). The Morgan fingerprint density at radius 2 is 2.08 bits per heavy atom. The fraction of sp³-hybridized carbons (Fsp3) is 0.778. The molecule has 0 bridgehead atoms. The fourth-order valence-electron chi connectivity index (χ4n) is 1.26. The van der Waals surface area contributed by atoms with Crippen LogP contribution in [-0.4, -0.2) is 23.0 Å². The quantitative estimate of drug-likeness (QED) is 0.685. The zero-order chi connectivity index (χ0) is 10.3. The van der Waals surface area contributed by atoms with E-state index in [2.05, 4.69) is 5.32 Å². The van der Waals surface area contributed by atoms with Crippen molar-refractivity contribution in [1.82, 2.24) is 5.32 Å². The summed E-state index contributed by atoms with van der Waals surface area (Å²) < 4.78 is 5.45. The van der Waals surface area contributed by atoms with Crippen LogP contribution in [0.15, 0.2) is 0 Å². The molecule has 1 fully saturated rings. The van der Waals surface area contributed by atoms with Crippen LogP contribution in [0.25, 0.3) is 0 Å². The molecule has 1 saturated heterocycles. The lowest BCUT2D eigenvalue weighted by atomic mass is 10.0. The largest absolute Gasteiger partial charge is 0.333 e. The van der Waals surface area contributed by atoms with Gasteiger partial charge in [-0.05, 0) is 27.2 Å². The molecule has 0 radical (unpaired) electrons. The van der Waals surface area contributed by atoms with E-state index in [0.29, 0.717) is 6.42 Å². The van der Waals surface area contributed by atoms with Crippen LogP contribution in [0.2, 0.25) is 0 Å². The summed E-state index contributed by atoms with van der Waals surface area (Å²) in [5, 5.41) is 2.56. The van der Waals surface area contributed by atoms with Crippen molar-refractivity contribution in [2.24, 2.45) is 0 Å². The van der Waals surface area contributed by atoms with Gasteiger partial charge in [-0.1, -0.05) is 6.92 Å². The first-order valence-corrected chi connectivity index (χ1v) is 4.38. The normalized spacial score (nSPS) is 38.9. The molecule has 2 unspecified atom stereocenters. The van der Waals surface area contributed by atoms with Crippen LogP contribution in [0.3, 0.4) is 0 Å². The van der Waals surface area contributed by atoms with Gasteiger partial charge in [-0.25, -0.2) is 0 Å². The first-order valence-electron chi connectivity index (χ1n) is 4.38. The summed E-state index contributed by atoms with van der Waals surface area (Å²) in [5.74, 6) is -0.397. The summed E-state index contributed by atoms with van der Waals surface area (Å²) >= 11 is 0. The van der Waals surface area contributed by atoms with E-state index in [9.17, 15) is 9.59 Å². The van der Waals surface area contributed by atoms with Crippen LogP contribution >= 0.6 is 0 Å². The van der Waals surface area contributed by atoms with Crippen molar-refractivity contribution in [2.75, 3.05) is 0 Å². The molecule has 0 aromatic rings. The summed E-state index contributed by atoms with van der Waals surface area (Å²) in [6.07, 6.45) is 0.557. The van der Waals surface area contributed by atoms with Gasteiger partial charge in [0.05, 0.1) is 0 Å². The molecule has 2 atom stereocenters. The number of ether oxygens (including phenoxy) is 1. The Bertz CT molecular complexity index is 264. The van der Waals surface area contributed by atoms with E-state index < -0.39 is 11.3 Å². The fourth-order valence-corrected chi connectivity index (χ4v) is 1.26. The third-order valence-corrected chi connectivity index (χ3v) is 2.61. The minimum absolute atomic E-state index is 0.182. The van der Waals surface area contributed by atoms with Gasteiger partial charge in [0.1, 0.15) is 5.60 Å². The highest BCUT2D eigenvalue weighted by molar-refractivity contribution is 5.95. The molecule has 0 spiro atoms. The van der Waals surface area contributed by atoms with E-state index in [4.69, 9.17) is 4.74 Å². The third-order valence-electron chi connectivity index (χ3n) is 2.61. The topological polar surface area (TPSA) is 55.4 Å². The molecule has 4 nitrogen and oxygen atoms in total. The summed E-state index contributed by atoms with van der Waals surface area (Å²) in [6, 6.07) is 0. The number of Topliss-reactive ketones (excluding diaryl/α,β-unsaturated/α-hetero) is 1. The van der Waals surface area contributed by atoms with Crippen molar-refractivity contribution in [3.63, 3.8) is 0 Å². The molecule has 13 heavy (non-hydrogen) atoms. The first kappa shape index (κ1) is 10.2. The Morgan fingerprint density at radius 3 is 2.31 bits per heavy atom. The molecule has 1 aliphatic heterocycles. The number of carbonyl (C=O) groups is 2. The summed E-state index contributed by atoms with van der Waals surface area (Å²) in [7, 11) is 0. The number of carbonyl (C=O) groups excluding carboxylic acids is 2. The number of rotatable bonds is 2. The molecular weight excluding hydrogens is 170 g/mol. The minimum atomic E-state index is -1.14. The zero-order valence-corrected chi connectivity index (χ0v) is 8.43. The standard InChI is InChI=1S/C9H15NO3/c1-5-8(3)7(12)10-9(4,13-8)6(2)11/h5H2,1-4H3,(H,10,12). The molecule has 0 saturated carbocycles. The Hall–Kier alpha value is -0.900. The number of hydrogen-bond donors (Lipinski definition) is 1. The zero-order valence-electron chi connectivity index (χ0n) is 8.43. The molecule has 1 aliphatic rings. The Morgan fingerprint density at radius 1 is 1.54 bits per heavy atom. The maximum absolute atomic E-state index is 11.5. The summed E-state index contributed by atoms with van der Waals surface area (Å²) in [6.45, 7) is 6.53. The van der Waals surface area contributed by atoms with Crippen molar-refractivity contribution < 1.29 is 14.3 Å². The van der Waals surface area contributed by atoms with Gasteiger partial charge in [0, 0.05) is 0 Å². The lowest BCUT2D eigenvalue weighted by molar-refractivity contribution is -0.151. The van der Waals surface area contributed by atoms with Gasteiger partial charge in [-0.15, -0.1) is 0 Å². The van der Waals surface area contributed by atoms with Crippen LogP contribution in [0.4, 0.5) is 0 Å². The average Bonchev–Trinajstić information content (AvgIpc) is 2.25. The van der Waals surface area contributed by atoms with Crippen LogP contribution < -0.4 is 5.32 Å². The van der Waals surface area contributed by atoms with Crippen molar-refractivity contribution in [3.8, 4) is 0 Å². The summed E-state index contributed by atoms with van der Waals surface area (Å²) in [4.78, 5) is 22.6. The van der Waals surface area contributed by atoms with Crippen LogP contribution in [0, 0.1) is 0 Å². The Labute approximate surface area is 77.6 Å². The van der Waals surface area contributed by atoms with E-state index in [1.54, 1.807) is 13.8 Å². The van der Waals surface area contributed by atoms with E-state index in [1.165, 1.54) is 6.92 Å². The van der Waals surface area contributed by atoms with Crippen molar-refractivity contribution in [1.29, 1.82) is 0 Å². The number of amides is 1. The Balaban J connectivity index is 2.93. The lowest BCUT2D eigenvalue weighted by Gasteiger charge is -2.23. The molecular formula is C9H15NO3. The first-order chi connectivity index (χ1) is 5.84. The molecule has 1 N–H and O–H groups in total. The molecule has 74 valence electrons. The van der Waals surface area contributed by atoms with Gasteiger partial charge >= 0.3 is 0 Å². The molecule has 4 heteroatoms. The van der Waals surface area contributed by atoms with Crippen molar-refractivity contribution in [3.05, 3.63) is 0 Å². The maximum atomic E-state index is 11.5. The van der Waals surface area contributed by atoms with Gasteiger partial charge in [0.25, 0.3) is 5.91 Å². The molecule has 0 aromatic heterocycles. The number of hydrogen-bond acceptors (Lipinski definition) is 3. The highest BCUT2D eigenvalue weighted by atomic mass is 16.6. The second-order valence-corrected chi connectivity index (χ2v) is 3.73. The van der Waals surface area contributed by atoms with Gasteiger partial charge in [0.15, 0.2) is 11.5 Å². The van der Waals surface area contributed by atoms with Gasteiger partial charge in [-0.3, -0.25) is 9.59 Å². The third kappa shape index (κ3) is 1.46. The number of nitrogens with one attached hydrogen (secondary N) is 1. The van der Waals surface area contributed by atoms with Crippen molar-refractivity contribution in [2.45, 2.75) is 45.4 Å². The van der Waals surface area contributed by atoms with E-state index in [-0.39, 0.29) is 11.7 Å². The van der Waals surface area contributed by atoms with Crippen LogP contribution in [0.5, 0.6) is 0 Å². The van der Waals surface area contributed by atoms with Crippen LogP contribution in [0.1, 0.15) is 34.1 Å². The number of ketones is 1. The molecule has 1 heterocycles. The predicted molar refractivity (Wildman–Crippen MR) is 47.0 cm³/mol. The van der Waals surface area contributed by atoms with Crippen LogP contribution in [-0.2, 0) is 14.3 Å². The minimum Gasteiger partial charge on any atom is -0.333 e. The Kier molecular flexibility index (Phi) is 2.20. The average molecular weight is 185 g/mol. The summed E-state index contributed by atoms with van der Waals surface area (Å²) in [5.41, 5.74) is -2.00. The van der Waals surface area contributed by atoms with Gasteiger partial charge in [-0.2, -0.15) is 0 Å².